The smallest absolute Gasteiger partial charge is 0.152 e. The molecule has 2 rings (SSSR count). The van der Waals surface area contributed by atoms with Crippen LogP contribution < -0.4 is 5.73 Å². The Balaban J connectivity index is 2.34. The van der Waals surface area contributed by atoms with Crippen molar-refractivity contribution >= 4 is 15.7 Å². The van der Waals surface area contributed by atoms with Gasteiger partial charge < -0.3 is 5.73 Å². The lowest BCUT2D eigenvalue weighted by atomic mass is 10.2. The van der Waals surface area contributed by atoms with Crippen molar-refractivity contribution in [1.82, 2.24) is 9.78 Å². The van der Waals surface area contributed by atoms with Gasteiger partial charge in [-0.25, -0.2) is 13.1 Å². The molecule has 2 atom stereocenters. The Hall–Kier alpha value is -1.04. The van der Waals surface area contributed by atoms with E-state index in [1.165, 1.54) is 6.26 Å². The van der Waals surface area contributed by atoms with Gasteiger partial charge in [-0.05, 0) is 25.3 Å². The predicted octanol–water partition coefficient (Wildman–Crippen LogP) is 0.603. The highest BCUT2D eigenvalue weighted by molar-refractivity contribution is 7.91. The molecule has 1 aliphatic carbocycles. The lowest BCUT2D eigenvalue weighted by molar-refractivity contribution is 0.464. The van der Waals surface area contributed by atoms with Gasteiger partial charge in [0.15, 0.2) is 9.84 Å². The Morgan fingerprint density at radius 3 is 2.80 bits per heavy atom. The highest BCUT2D eigenvalue weighted by Gasteiger charge is 2.36. The van der Waals surface area contributed by atoms with Gasteiger partial charge in [0.2, 0.25) is 0 Å². The maximum absolute atomic E-state index is 11.6. The molecule has 6 heteroatoms. The van der Waals surface area contributed by atoms with Gasteiger partial charge in [0.1, 0.15) is 5.82 Å². The summed E-state index contributed by atoms with van der Waals surface area (Å²) in [7, 11) is -3.01. The van der Waals surface area contributed by atoms with Gasteiger partial charge in [-0.2, -0.15) is 5.10 Å². The van der Waals surface area contributed by atoms with E-state index in [4.69, 9.17) is 5.73 Å². The molecule has 2 N–H and O–H groups in total. The summed E-state index contributed by atoms with van der Waals surface area (Å²) < 4.78 is 24.8. The van der Waals surface area contributed by atoms with Gasteiger partial charge in [0, 0.05) is 6.26 Å². The van der Waals surface area contributed by atoms with E-state index in [-0.39, 0.29) is 11.3 Å². The summed E-state index contributed by atoms with van der Waals surface area (Å²) in [5.74, 6) is 0.538. The highest BCUT2D eigenvalue weighted by Crippen LogP contribution is 2.35. The van der Waals surface area contributed by atoms with Crippen molar-refractivity contribution < 1.29 is 8.42 Å². The first-order valence-electron chi connectivity index (χ1n) is 4.98. The zero-order valence-electron chi connectivity index (χ0n) is 8.63. The van der Waals surface area contributed by atoms with E-state index >= 15 is 0 Å². The third kappa shape index (κ3) is 1.86. The first-order valence-corrected chi connectivity index (χ1v) is 6.93. The van der Waals surface area contributed by atoms with Crippen LogP contribution in [-0.4, -0.2) is 29.7 Å². The molecule has 1 aromatic heterocycles. The number of hydrogen-bond acceptors (Lipinski definition) is 4. The van der Waals surface area contributed by atoms with Crippen LogP contribution >= 0.6 is 0 Å². The van der Waals surface area contributed by atoms with Crippen molar-refractivity contribution in [1.29, 1.82) is 0 Å². The minimum atomic E-state index is -3.01. The van der Waals surface area contributed by atoms with Crippen molar-refractivity contribution in [3.63, 3.8) is 0 Å². The molecule has 5 nitrogen and oxygen atoms in total. The Morgan fingerprint density at radius 1 is 1.53 bits per heavy atom. The molecule has 1 heterocycles. The molecule has 0 saturated heterocycles. The summed E-state index contributed by atoms with van der Waals surface area (Å²) in [5.41, 5.74) is 5.73. The molecule has 1 saturated carbocycles. The van der Waals surface area contributed by atoms with Crippen molar-refractivity contribution in [3.05, 3.63) is 12.3 Å². The van der Waals surface area contributed by atoms with E-state index in [1.54, 1.807) is 16.9 Å². The third-order valence-corrected chi connectivity index (χ3v) is 4.63. The normalized spacial score (nSPS) is 27.0. The molecule has 0 spiro atoms. The molecule has 2 unspecified atom stereocenters. The fourth-order valence-electron chi connectivity index (χ4n) is 2.29. The summed E-state index contributed by atoms with van der Waals surface area (Å²) >= 11 is 0. The van der Waals surface area contributed by atoms with Crippen LogP contribution in [0.2, 0.25) is 0 Å². The average molecular weight is 229 g/mol. The molecule has 1 fully saturated rings. The number of anilines is 1. The standard InChI is InChI=1S/C9H15N3O2S/c1-15(13,14)8-4-2-3-7(8)12-9(10)5-6-11-12/h5-8H,2-4,10H2,1H3. The van der Waals surface area contributed by atoms with Crippen molar-refractivity contribution in [3.8, 4) is 0 Å². The molecule has 1 aromatic rings. The lowest BCUT2D eigenvalue weighted by Gasteiger charge is -2.19. The Labute approximate surface area is 89.2 Å². The first-order chi connectivity index (χ1) is 7.00. The van der Waals surface area contributed by atoms with Crippen LogP contribution in [0.25, 0.3) is 0 Å². The molecule has 1 aliphatic rings. The number of nitrogens with zero attached hydrogens (tertiary/aromatic N) is 2. The van der Waals surface area contributed by atoms with E-state index in [0.29, 0.717) is 12.2 Å². The lowest BCUT2D eigenvalue weighted by Crippen LogP contribution is -2.28. The van der Waals surface area contributed by atoms with E-state index in [1.807, 2.05) is 0 Å². The van der Waals surface area contributed by atoms with Crippen LogP contribution in [0.3, 0.4) is 0 Å². The monoisotopic (exact) mass is 229 g/mol. The molecule has 0 radical (unpaired) electrons. The van der Waals surface area contributed by atoms with Crippen LogP contribution in [0.15, 0.2) is 12.3 Å². The van der Waals surface area contributed by atoms with Gasteiger partial charge in [0.25, 0.3) is 0 Å². The molecule has 0 aromatic carbocycles. The van der Waals surface area contributed by atoms with E-state index in [2.05, 4.69) is 5.10 Å². The van der Waals surface area contributed by atoms with Gasteiger partial charge >= 0.3 is 0 Å². The fraction of sp³-hybridized carbons (Fsp3) is 0.667. The summed E-state index contributed by atoms with van der Waals surface area (Å²) in [6, 6.07) is 1.60. The first kappa shape index (κ1) is 10.5. The largest absolute Gasteiger partial charge is 0.384 e. The zero-order valence-corrected chi connectivity index (χ0v) is 9.44. The SMILES string of the molecule is CS(=O)(=O)C1CCCC1n1nccc1N. The molecule has 0 bridgehead atoms. The second-order valence-electron chi connectivity index (χ2n) is 4.07. The Bertz CT molecular complexity index is 452. The van der Waals surface area contributed by atoms with Gasteiger partial charge in [-0.1, -0.05) is 0 Å². The molecule has 0 amide bonds. The Morgan fingerprint density at radius 2 is 2.27 bits per heavy atom. The number of nitrogen functional groups attached to an aromatic ring is 1. The van der Waals surface area contributed by atoms with E-state index < -0.39 is 9.84 Å². The number of rotatable bonds is 2. The second kappa shape index (κ2) is 3.52. The summed E-state index contributed by atoms with van der Waals surface area (Å²) in [6.45, 7) is 0. The fourth-order valence-corrected chi connectivity index (χ4v) is 3.70. The van der Waals surface area contributed by atoms with Crippen molar-refractivity contribution in [2.75, 3.05) is 12.0 Å². The summed E-state index contributed by atoms with van der Waals surface area (Å²) in [5, 5.41) is 3.76. The minimum Gasteiger partial charge on any atom is -0.384 e. The predicted molar refractivity (Wildman–Crippen MR) is 58.2 cm³/mol. The maximum atomic E-state index is 11.6. The van der Waals surface area contributed by atoms with Crippen molar-refractivity contribution in [2.24, 2.45) is 0 Å². The zero-order chi connectivity index (χ0) is 11.1. The maximum Gasteiger partial charge on any atom is 0.152 e. The number of nitrogens with two attached hydrogens (primary N) is 1. The van der Waals surface area contributed by atoms with Crippen molar-refractivity contribution in [2.45, 2.75) is 30.6 Å². The quantitative estimate of drug-likeness (QED) is 0.805. The molecule has 84 valence electrons. The van der Waals surface area contributed by atoms with E-state index in [0.717, 1.165) is 12.8 Å². The third-order valence-electron chi connectivity index (χ3n) is 2.98. The van der Waals surface area contributed by atoms with Gasteiger partial charge in [-0.3, -0.25) is 0 Å². The number of aromatic nitrogens is 2. The van der Waals surface area contributed by atoms with Crippen LogP contribution in [0.1, 0.15) is 25.3 Å². The average Bonchev–Trinajstić information content (AvgIpc) is 2.69. The Kier molecular flexibility index (Phi) is 2.46. The number of sulfone groups is 1. The molecule has 0 aliphatic heterocycles. The molecular weight excluding hydrogens is 214 g/mol. The molecule has 15 heavy (non-hydrogen) atoms. The minimum absolute atomic E-state index is 0.0880. The van der Waals surface area contributed by atoms with Crippen LogP contribution in [0.4, 0.5) is 5.82 Å². The van der Waals surface area contributed by atoms with E-state index in [9.17, 15) is 8.42 Å². The second-order valence-corrected chi connectivity index (χ2v) is 6.33. The highest BCUT2D eigenvalue weighted by atomic mass is 32.2. The van der Waals surface area contributed by atoms with Crippen LogP contribution in [-0.2, 0) is 9.84 Å². The van der Waals surface area contributed by atoms with Crippen LogP contribution in [0, 0.1) is 0 Å². The van der Waals surface area contributed by atoms with Gasteiger partial charge in [-0.15, -0.1) is 0 Å². The topological polar surface area (TPSA) is 78.0 Å². The van der Waals surface area contributed by atoms with Gasteiger partial charge in [0.05, 0.1) is 17.5 Å². The number of hydrogen-bond donors (Lipinski definition) is 1. The molecular formula is C9H15N3O2S. The van der Waals surface area contributed by atoms with Crippen LogP contribution in [0.5, 0.6) is 0 Å². The summed E-state index contributed by atoms with van der Waals surface area (Å²) in [6.07, 6.45) is 5.36. The summed E-state index contributed by atoms with van der Waals surface area (Å²) in [4.78, 5) is 0.